The summed E-state index contributed by atoms with van der Waals surface area (Å²) < 4.78 is 0. The zero-order valence-corrected chi connectivity index (χ0v) is 10.9. The second-order valence-corrected chi connectivity index (χ2v) is 4.83. The lowest BCUT2D eigenvalue weighted by atomic mass is 9.90. The van der Waals surface area contributed by atoms with E-state index in [0.29, 0.717) is 17.9 Å². The highest BCUT2D eigenvalue weighted by Gasteiger charge is 2.29. The van der Waals surface area contributed by atoms with E-state index >= 15 is 0 Å². The van der Waals surface area contributed by atoms with Gasteiger partial charge >= 0.3 is 0 Å². The molecule has 1 saturated carbocycles. The van der Waals surface area contributed by atoms with Gasteiger partial charge in [-0.3, -0.25) is 4.79 Å². The van der Waals surface area contributed by atoms with E-state index in [-0.39, 0.29) is 12.4 Å². The van der Waals surface area contributed by atoms with Gasteiger partial charge in [-0.15, -0.1) is 12.4 Å². The van der Waals surface area contributed by atoms with Crippen molar-refractivity contribution < 1.29 is 4.79 Å². The first kappa shape index (κ1) is 13.8. The molecule has 1 amide bonds. The lowest BCUT2D eigenvalue weighted by molar-refractivity contribution is -0.135. The van der Waals surface area contributed by atoms with Crippen LogP contribution in [-0.2, 0) is 4.79 Å². The fraction of sp³-hybridized carbons (Fsp3) is 0.917. The summed E-state index contributed by atoms with van der Waals surface area (Å²) in [6, 6.07) is 0.567. The standard InChI is InChI=1S/C12H22N2O.ClH/c1-2-14(11-4-3-5-11)12(15)8-10-6-7-13-9-10;/h10-11,13H,2-9H2,1H3;1H. The molecule has 2 rings (SSSR count). The van der Waals surface area contributed by atoms with Gasteiger partial charge < -0.3 is 10.2 Å². The first-order valence-corrected chi connectivity index (χ1v) is 6.31. The number of carbonyl (C=O) groups is 1. The van der Waals surface area contributed by atoms with Gasteiger partial charge in [0.15, 0.2) is 0 Å². The molecule has 94 valence electrons. The molecule has 0 aromatic carbocycles. The molecule has 4 heteroatoms. The number of hydrogen-bond acceptors (Lipinski definition) is 2. The average molecular weight is 247 g/mol. The van der Waals surface area contributed by atoms with Gasteiger partial charge in [0.2, 0.25) is 5.91 Å². The summed E-state index contributed by atoms with van der Waals surface area (Å²) in [5, 5.41) is 3.32. The molecule has 0 radical (unpaired) electrons. The molecule has 1 atom stereocenters. The van der Waals surface area contributed by atoms with Gasteiger partial charge in [-0.1, -0.05) is 0 Å². The van der Waals surface area contributed by atoms with Crippen molar-refractivity contribution in [1.82, 2.24) is 10.2 Å². The van der Waals surface area contributed by atoms with E-state index in [1.54, 1.807) is 0 Å². The van der Waals surface area contributed by atoms with Crippen molar-refractivity contribution in [2.75, 3.05) is 19.6 Å². The van der Waals surface area contributed by atoms with Crippen molar-refractivity contribution in [2.45, 2.75) is 45.1 Å². The van der Waals surface area contributed by atoms with Gasteiger partial charge in [-0.05, 0) is 51.6 Å². The van der Waals surface area contributed by atoms with Gasteiger partial charge in [-0.25, -0.2) is 0 Å². The van der Waals surface area contributed by atoms with E-state index in [4.69, 9.17) is 0 Å². The van der Waals surface area contributed by atoms with Crippen LogP contribution in [-0.4, -0.2) is 36.5 Å². The molecule has 1 saturated heterocycles. The minimum absolute atomic E-state index is 0. The van der Waals surface area contributed by atoms with Crippen molar-refractivity contribution >= 4 is 18.3 Å². The van der Waals surface area contributed by atoms with Crippen LogP contribution in [0.2, 0.25) is 0 Å². The lowest BCUT2D eigenvalue weighted by Crippen LogP contribution is -2.44. The van der Waals surface area contributed by atoms with Crippen LogP contribution in [0.15, 0.2) is 0 Å². The zero-order valence-electron chi connectivity index (χ0n) is 10.1. The highest BCUT2D eigenvalue weighted by molar-refractivity contribution is 5.85. The molecule has 1 aliphatic heterocycles. The maximum Gasteiger partial charge on any atom is 0.223 e. The van der Waals surface area contributed by atoms with Crippen molar-refractivity contribution in [3.05, 3.63) is 0 Å². The van der Waals surface area contributed by atoms with E-state index in [1.807, 2.05) is 0 Å². The van der Waals surface area contributed by atoms with Crippen LogP contribution in [0.1, 0.15) is 39.0 Å². The summed E-state index contributed by atoms with van der Waals surface area (Å²) in [6.07, 6.45) is 5.69. The Morgan fingerprint density at radius 2 is 2.12 bits per heavy atom. The van der Waals surface area contributed by atoms with Crippen LogP contribution in [0, 0.1) is 5.92 Å². The maximum absolute atomic E-state index is 12.1. The normalized spacial score (nSPS) is 24.7. The summed E-state index contributed by atoms with van der Waals surface area (Å²) in [5.74, 6) is 0.975. The Morgan fingerprint density at radius 1 is 1.38 bits per heavy atom. The van der Waals surface area contributed by atoms with Crippen molar-refractivity contribution in [2.24, 2.45) is 5.92 Å². The minimum atomic E-state index is 0. The Bertz CT molecular complexity index is 225. The number of halogens is 1. The number of nitrogens with one attached hydrogen (secondary N) is 1. The molecule has 1 aliphatic carbocycles. The quantitative estimate of drug-likeness (QED) is 0.821. The fourth-order valence-electron chi connectivity index (χ4n) is 2.59. The predicted molar refractivity (Wildman–Crippen MR) is 67.9 cm³/mol. The second kappa shape index (κ2) is 6.45. The number of amides is 1. The van der Waals surface area contributed by atoms with Crippen molar-refractivity contribution in [3.63, 3.8) is 0 Å². The molecule has 2 aliphatic rings. The Hall–Kier alpha value is -0.280. The first-order valence-electron chi connectivity index (χ1n) is 6.31. The third kappa shape index (κ3) is 3.11. The molecule has 0 aromatic rings. The predicted octanol–water partition coefficient (Wildman–Crippen LogP) is 1.81. The summed E-state index contributed by atoms with van der Waals surface area (Å²) in [4.78, 5) is 14.2. The minimum Gasteiger partial charge on any atom is -0.340 e. The van der Waals surface area contributed by atoms with Crippen molar-refractivity contribution in [3.8, 4) is 0 Å². The molecule has 1 N–H and O–H groups in total. The molecule has 1 heterocycles. The largest absolute Gasteiger partial charge is 0.340 e. The summed E-state index contributed by atoms with van der Waals surface area (Å²) >= 11 is 0. The van der Waals surface area contributed by atoms with Gasteiger partial charge in [0, 0.05) is 19.0 Å². The second-order valence-electron chi connectivity index (χ2n) is 4.83. The lowest BCUT2D eigenvalue weighted by Gasteiger charge is -2.37. The van der Waals surface area contributed by atoms with Crippen LogP contribution < -0.4 is 5.32 Å². The summed E-state index contributed by atoms with van der Waals surface area (Å²) in [7, 11) is 0. The van der Waals surface area contributed by atoms with Gasteiger partial charge in [0.25, 0.3) is 0 Å². The first-order chi connectivity index (χ1) is 7.31. The molecular weight excluding hydrogens is 224 g/mol. The van der Waals surface area contributed by atoms with E-state index in [2.05, 4.69) is 17.1 Å². The number of rotatable bonds is 4. The molecule has 3 nitrogen and oxygen atoms in total. The molecule has 2 fully saturated rings. The maximum atomic E-state index is 12.1. The smallest absolute Gasteiger partial charge is 0.223 e. The third-order valence-electron chi connectivity index (χ3n) is 3.80. The Balaban J connectivity index is 0.00000128. The van der Waals surface area contributed by atoms with Crippen LogP contribution in [0.3, 0.4) is 0 Å². The van der Waals surface area contributed by atoms with Crippen molar-refractivity contribution in [1.29, 1.82) is 0 Å². The Kier molecular flexibility index (Phi) is 5.56. The van der Waals surface area contributed by atoms with Gasteiger partial charge in [0.05, 0.1) is 0 Å². The van der Waals surface area contributed by atoms with E-state index < -0.39 is 0 Å². The molecule has 16 heavy (non-hydrogen) atoms. The molecule has 0 spiro atoms. The SMILES string of the molecule is CCN(C(=O)CC1CCNC1)C1CCC1.Cl. The molecule has 0 aromatic heterocycles. The van der Waals surface area contributed by atoms with Gasteiger partial charge in [-0.2, -0.15) is 0 Å². The van der Waals surface area contributed by atoms with Crippen LogP contribution >= 0.6 is 12.4 Å². The Labute approximate surface area is 104 Å². The van der Waals surface area contributed by atoms with Crippen LogP contribution in [0.4, 0.5) is 0 Å². The average Bonchev–Trinajstić information content (AvgIpc) is 2.63. The molecule has 0 bridgehead atoms. The monoisotopic (exact) mass is 246 g/mol. The Morgan fingerprint density at radius 3 is 2.56 bits per heavy atom. The zero-order chi connectivity index (χ0) is 10.7. The van der Waals surface area contributed by atoms with Crippen LogP contribution in [0.5, 0.6) is 0 Å². The number of hydrogen-bond donors (Lipinski definition) is 1. The highest BCUT2D eigenvalue weighted by atomic mass is 35.5. The van der Waals surface area contributed by atoms with Crippen LogP contribution in [0.25, 0.3) is 0 Å². The summed E-state index contributed by atoms with van der Waals surface area (Å²) in [5.41, 5.74) is 0. The van der Waals surface area contributed by atoms with Gasteiger partial charge in [0.1, 0.15) is 0 Å². The van der Waals surface area contributed by atoms with E-state index in [1.165, 1.54) is 25.7 Å². The topological polar surface area (TPSA) is 32.3 Å². The third-order valence-corrected chi connectivity index (χ3v) is 3.80. The molecular formula is C12H23ClN2O. The number of nitrogens with zero attached hydrogens (tertiary/aromatic N) is 1. The summed E-state index contributed by atoms with van der Waals surface area (Å²) in [6.45, 7) is 5.12. The van der Waals surface area contributed by atoms with E-state index in [9.17, 15) is 4.79 Å². The highest BCUT2D eigenvalue weighted by Crippen LogP contribution is 2.26. The number of carbonyl (C=O) groups excluding carboxylic acids is 1. The molecule has 1 unspecified atom stereocenters. The fourth-order valence-corrected chi connectivity index (χ4v) is 2.59. The van der Waals surface area contributed by atoms with E-state index in [0.717, 1.165) is 26.1 Å².